The highest BCUT2D eigenvalue weighted by molar-refractivity contribution is 8.13. The molecule has 5 nitrogen and oxygen atoms in total. The van der Waals surface area contributed by atoms with E-state index in [9.17, 15) is 13.2 Å². The van der Waals surface area contributed by atoms with Crippen LogP contribution in [-0.4, -0.2) is 36.9 Å². The third-order valence-electron chi connectivity index (χ3n) is 0.724. The fourth-order valence-electron chi connectivity index (χ4n) is 0.102. The molecule has 0 bridgehead atoms. The Hall–Kier alpha value is -0.480. The maximum absolute atomic E-state index is 10.7. The predicted molar refractivity (Wildman–Crippen MR) is 47.9 cm³/mol. The molecule has 0 radical (unpaired) electrons. The molecule has 0 aromatic rings. The molecule has 0 spiro atoms. The van der Waals surface area contributed by atoms with E-state index < -0.39 is 15.6 Å². The van der Waals surface area contributed by atoms with Gasteiger partial charge in [-0.2, -0.15) is 21.6 Å². The number of amidine groups is 1. The third-order valence-corrected chi connectivity index (χ3v) is 1.92. The number of halogens is 3. The van der Waals surface area contributed by atoms with Gasteiger partial charge in [0.05, 0.1) is 0 Å². The van der Waals surface area contributed by atoms with Crippen molar-refractivity contribution in [3.8, 4) is 0 Å². The first-order chi connectivity index (χ1) is 6.06. The fraction of sp³-hybridized carbons (Fsp3) is 0.750. The standard InChI is InChI=1S/C3H8N2S.CHF3O3S/c1-5-3(4)6-2;2-1(3,4)8(5,6)7/h1-2H3,(H2,4,5);(H,5,6,7). The highest BCUT2D eigenvalue weighted by Crippen LogP contribution is 2.20. The minimum atomic E-state index is -5.84. The molecule has 0 fully saturated rings. The van der Waals surface area contributed by atoms with Crippen LogP contribution in [0.25, 0.3) is 0 Å². The smallest absolute Gasteiger partial charge is 0.368 e. The summed E-state index contributed by atoms with van der Waals surface area (Å²) < 4.78 is 57.5. The van der Waals surface area contributed by atoms with Gasteiger partial charge in [0.25, 0.3) is 0 Å². The zero-order valence-electron chi connectivity index (χ0n) is 7.21. The molecule has 0 aromatic heterocycles. The van der Waals surface area contributed by atoms with Gasteiger partial charge >= 0.3 is 15.6 Å². The van der Waals surface area contributed by atoms with E-state index in [2.05, 4.69) is 5.32 Å². The Morgan fingerprint density at radius 2 is 1.79 bits per heavy atom. The second kappa shape index (κ2) is 6.09. The summed E-state index contributed by atoms with van der Waals surface area (Å²) in [6, 6.07) is 0. The van der Waals surface area contributed by atoms with Crippen molar-refractivity contribution in [3.63, 3.8) is 0 Å². The van der Waals surface area contributed by atoms with Gasteiger partial charge in [-0.1, -0.05) is 11.8 Å². The third kappa shape index (κ3) is 8.13. The fourth-order valence-corrected chi connectivity index (χ4v) is 0.306. The Labute approximate surface area is 83.3 Å². The molecule has 3 N–H and O–H groups in total. The van der Waals surface area contributed by atoms with Gasteiger partial charge in [0, 0.05) is 7.05 Å². The van der Waals surface area contributed by atoms with Crippen LogP contribution in [-0.2, 0) is 10.1 Å². The van der Waals surface area contributed by atoms with Crippen molar-refractivity contribution in [1.82, 2.24) is 5.32 Å². The van der Waals surface area contributed by atoms with Crippen molar-refractivity contribution < 1.29 is 26.1 Å². The molecule has 0 atom stereocenters. The summed E-state index contributed by atoms with van der Waals surface area (Å²) in [7, 11) is -4.11. The molecule has 86 valence electrons. The minimum Gasteiger partial charge on any atom is -0.368 e. The molecule has 0 saturated carbocycles. The largest absolute Gasteiger partial charge is 0.522 e. The van der Waals surface area contributed by atoms with E-state index in [1.807, 2.05) is 6.26 Å². The molecular weight excluding hydrogens is 245 g/mol. The van der Waals surface area contributed by atoms with Crippen LogP contribution in [0.5, 0.6) is 0 Å². The SMILES string of the molecule is CNC(=N)SC.O=S(=O)(O)C(F)(F)F. The average Bonchev–Trinajstić information content (AvgIpc) is 2.00. The highest BCUT2D eigenvalue weighted by atomic mass is 32.2. The van der Waals surface area contributed by atoms with Crippen molar-refractivity contribution in [1.29, 1.82) is 5.41 Å². The molecule has 0 amide bonds. The van der Waals surface area contributed by atoms with E-state index in [4.69, 9.17) is 18.4 Å². The van der Waals surface area contributed by atoms with Crippen molar-refractivity contribution in [2.75, 3.05) is 13.3 Å². The lowest BCUT2D eigenvalue weighted by atomic mass is 11.2. The molecule has 0 aliphatic heterocycles. The van der Waals surface area contributed by atoms with E-state index in [-0.39, 0.29) is 0 Å². The van der Waals surface area contributed by atoms with E-state index >= 15 is 0 Å². The first-order valence-electron chi connectivity index (χ1n) is 2.90. The lowest BCUT2D eigenvalue weighted by molar-refractivity contribution is -0.0510. The maximum Gasteiger partial charge on any atom is 0.522 e. The van der Waals surface area contributed by atoms with Crippen LogP contribution in [0.3, 0.4) is 0 Å². The molecule has 0 aliphatic carbocycles. The van der Waals surface area contributed by atoms with E-state index in [0.717, 1.165) is 0 Å². The minimum absolute atomic E-state index is 0.509. The Kier molecular flexibility index (Phi) is 6.94. The Balaban J connectivity index is 0. The van der Waals surface area contributed by atoms with E-state index in [1.54, 1.807) is 7.05 Å². The molecule has 0 heterocycles. The predicted octanol–water partition coefficient (Wildman–Crippen LogP) is 0.898. The number of hydrogen-bond acceptors (Lipinski definition) is 4. The molecule has 0 aromatic carbocycles. The molecule has 14 heavy (non-hydrogen) atoms. The number of nitrogens with one attached hydrogen (secondary N) is 2. The Bertz CT molecular complexity index is 268. The van der Waals surface area contributed by atoms with E-state index in [1.165, 1.54) is 11.8 Å². The summed E-state index contributed by atoms with van der Waals surface area (Å²) in [6.07, 6.45) is 1.86. The Morgan fingerprint density at radius 1 is 1.50 bits per heavy atom. The lowest BCUT2D eigenvalue weighted by Gasteiger charge is -1.97. The summed E-state index contributed by atoms with van der Waals surface area (Å²) in [6.45, 7) is 0. The monoisotopic (exact) mass is 254 g/mol. The normalized spacial score (nSPS) is 11.3. The second-order valence-electron chi connectivity index (χ2n) is 1.70. The van der Waals surface area contributed by atoms with Crippen LogP contribution >= 0.6 is 11.8 Å². The number of hydrogen-bond donors (Lipinski definition) is 3. The van der Waals surface area contributed by atoms with Gasteiger partial charge < -0.3 is 5.32 Å². The van der Waals surface area contributed by atoms with Gasteiger partial charge in [-0.25, -0.2) is 0 Å². The van der Waals surface area contributed by atoms with Crippen LogP contribution in [0.4, 0.5) is 13.2 Å². The molecular formula is C4H9F3N2O3S2. The lowest BCUT2D eigenvalue weighted by Crippen LogP contribution is -2.21. The first-order valence-corrected chi connectivity index (χ1v) is 5.56. The van der Waals surface area contributed by atoms with Crippen LogP contribution < -0.4 is 5.32 Å². The van der Waals surface area contributed by atoms with E-state index in [0.29, 0.717) is 5.17 Å². The topological polar surface area (TPSA) is 90.3 Å². The van der Waals surface area contributed by atoms with Gasteiger partial charge in [-0.3, -0.25) is 9.96 Å². The van der Waals surface area contributed by atoms with Crippen LogP contribution in [0, 0.1) is 5.41 Å². The zero-order valence-corrected chi connectivity index (χ0v) is 8.85. The summed E-state index contributed by atoms with van der Waals surface area (Å²) in [5.41, 5.74) is -5.53. The van der Waals surface area contributed by atoms with Crippen LogP contribution in [0.15, 0.2) is 0 Å². The van der Waals surface area contributed by atoms with Crippen molar-refractivity contribution in [3.05, 3.63) is 0 Å². The molecule has 0 rings (SSSR count). The summed E-state index contributed by atoms with van der Waals surface area (Å²) in [5.74, 6) is 0. The molecule has 10 heteroatoms. The number of rotatable bonds is 0. The van der Waals surface area contributed by atoms with Crippen molar-refractivity contribution in [2.45, 2.75) is 5.51 Å². The highest BCUT2D eigenvalue weighted by Gasteiger charge is 2.44. The van der Waals surface area contributed by atoms with Crippen LogP contribution in [0.1, 0.15) is 0 Å². The van der Waals surface area contributed by atoms with Crippen molar-refractivity contribution in [2.24, 2.45) is 0 Å². The molecule has 0 aliphatic rings. The van der Waals surface area contributed by atoms with Crippen LogP contribution in [0.2, 0.25) is 0 Å². The number of alkyl halides is 3. The van der Waals surface area contributed by atoms with Crippen molar-refractivity contribution >= 4 is 27.0 Å². The van der Waals surface area contributed by atoms with Gasteiger partial charge in [-0.05, 0) is 6.26 Å². The Morgan fingerprint density at radius 3 is 1.79 bits per heavy atom. The molecule has 0 unspecified atom stereocenters. The number of thioether (sulfide) groups is 1. The zero-order chi connectivity index (χ0) is 12.0. The van der Waals surface area contributed by atoms with Gasteiger partial charge in [0.15, 0.2) is 5.17 Å². The quantitative estimate of drug-likeness (QED) is 0.258. The second-order valence-corrected chi connectivity index (χ2v) is 3.93. The van der Waals surface area contributed by atoms with Gasteiger partial charge in [0.2, 0.25) is 0 Å². The average molecular weight is 254 g/mol. The molecule has 0 saturated heterocycles. The maximum atomic E-state index is 10.7. The summed E-state index contributed by atoms with van der Waals surface area (Å²) in [4.78, 5) is 0. The summed E-state index contributed by atoms with van der Waals surface area (Å²) in [5, 5.41) is 10.0. The summed E-state index contributed by atoms with van der Waals surface area (Å²) >= 11 is 1.40. The van der Waals surface area contributed by atoms with Gasteiger partial charge in [-0.15, -0.1) is 0 Å². The van der Waals surface area contributed by atoms with Gasteiger partial charge in [0.1, 0.15) is 0 Å². The first kappa shape index (κ1) is 16.0.